The quantitative estimate of drug-likeness (QED) is 0.108. The summed E-state index contributed by atoms with van der Waals surface area (Å²) in [5.41, 5.74) is 6.09. The Morgan fingerprint density at radius 1 is 1.03 bits per heavy atom. The number of fused-ring (bicyclic) bond motifs is 1. The van der Waals surface area contributed by atoms with Gasteiger partial charge in [-0.15, -0.1) is 0 Å². The van der Waals surface area contributed by atoms with E-state index in [1.807, 2.05) is 0 Å². The standard InChI is InChI=1S/C16H24BN5O14P2/c17-37(29,36-38(30,31)35-16-12(28)10(26)8(24)5(1-23)34-16)32-2-6-9(25)11(27)15(33-6)22-4-21-7-13(18)19-3-20-14(7)22/h3-6,8-12,15-16,23-28H,1-2H2,(H,30,31)(H2,18,19,20)/q-1/p-1/t5?,6-,8+,9+,10+,11?,12?,15-,16+,37+/m1/s1. The molecule has 2 aromatic rings. The third-order valence-corrected chi connectivity index (χ3v) is 8.40. The smallest absolute Gasteiger partial charge is 0.274 e. The van der Waals surface area contributed by atoms with Crippen molar-refractivity contribution in [2.24, 2.45) is 0 Å². The molecule has 0 bridgehead atoms. The van der Waals surface area contributed by atoms with Crippen LogP contribution >= 0.6 is 15.3 Å². The van der Waals surface area contributed by atoms with Gasteiger partial charge in [0.1, 0.15) is 54.6 Å². The Morgan fingerprint density at radius 3 is 2.39 bits per heavy atom. The zero-order valence-electron chi connectivity index (χ0n) is 19.1. The molecule has 22 heteroatoms. The summed E-state index contributed by atoms with van der Waals surface area (Å²) in [6.07, 6.45) is -13.1. The van der Waals surface area contributed by atoms with Crippen LogP contribution in [0.5, 0.6) is 0 Å². The first kappa shape index (κ1) is 29.4. The number of anilines is 1. The van der Waals surface area contributed by atoms with Crippen LogP contribution < -0.4 is 10.6 Å². The minimum atomic E-state index is -5.69. The minimum Gasteiger partial charge on any atom is -0.756 e. The van der Waals surface area contributed by atoms with Crippen LogP contribution in [-0.4, -0.2) is 120 Å². The highest BCUT2D eigenvalue weighted by Crippen LogP contribution is 2.59. The molecule has 19 nitrogen and oxygen atoms in total. The highest BCUT2D eigenvalue weighted by molar-refractivity contribution is 7.83. The number of aliphatic hydroxyl groups is 6. The second kappa shape index (κ2) is 11.1. The van der Waals surface area contributed by atoms with Crippen molar-refractivity contribution in [2.75, 3.05) is 18.9 Å². The van der Waals surface area contributed by atoms with E-state index in [1.54, 1.807) is 0 Å². The summed E-state index contributed by atoms with van der Waals surface area (Å²) in [6.45, 7) is -1.72. The predicted molar refractivity (Wildman–Crippen MR) is 119 cm³/mol. The number of nitrogens with two attached hydrogens (primary N) is 1. The van der Waals surface area contributed by atoms with Crippen LogP contribution in [0.2, 0.25) is 0 Å². The first-order chi connectivity index (χ1) is 17.7. The molecule has 4 rings (SSSR count). The maximum absolute atomic E-state index is 12.5. The molecule has 38 heavy (non-hydrogen) atoms. The predicted octanol–water partition coefficient (Wildman–Crippen LogP) is -4.38. The molecule has 4 unspecified atom stereocenters. The molecule has 4 heterocycles. The molecule has 8 N–H and O–H groups in total. The van der Waals surface area contributed by atoms with Gasteiger partial charge in [0.2, 0.25) is 0 Å². The van der Waals surface area contributed by atoms with E-state index >= 15 is 0 Å². The Labute approximate surface area is 214 Å². The molecular weight excluding hydrogens is 559 g/mol. The van der Waals surface area contributed by atoms with Crippen molar-refractivity contribution in [3.8, 4) is 0 Å². The van der Waals surface area contributed by atoms with Gasteiger partial charge < -0.3 is 67.4 Å². The second-order valence-corrected chi connectivity index (χ2v) is 11.4. The van der Waals surface area contributed by atoms with Crippen LogP contribution in [0, 0.1) is 0 Å². The molecule has 211 valence electrons. The molecule has 0 aromatic carbocycles. The summed E-state index contributed by atoms with van der Waals surface area (Å²) in [5.74, 6) is 0.0517. The van der Waals surface area contributed by atoms with E-state index in [4.69, 9.17) is 32.4 Å². The number of ether oxygens (including phenoxy) is 2. The third kappa shape index (κ3) is 5.93. The summed E-state index contributed by atoms with van der Waals surface area (Å²) in [5, 5.41) is 59.3. The van der Waals surface area contributed by atoms with Gasteiger partial charge in [-0.1, -0.05) is 0 Å². The zero-order chi connectivity index (χ0) is 28.0. The fourth-order valence-corrected chi connectivity index (χ4v) is 6.04. The van der Waals surface area contributed by atoms with Gasteiger partial charge in [0.15, 0.2) is 24.0 Å². The summed E-state index contributed by atoms with van der Waals surface area (Å²) in [4.78, 5) is 24.0. The van der Waals surface area contributed by atoms with Gasteiger partial charge in [-0.2, -0.15) is 0 Å². The Balaban J connectivity index is 1.38. The van der Waals surface area contributed by atoms with E-state index in [1.165, 1.54) is 10.9 Å². The Kier molecular flexibility index (Phi) is 8.59. The van der Waals surface area contributed by atoms with Gasteiger partial charge in [-0.25, -0.2) is 15.0 Å². The van der Waals surface area contributed by atoms with Crippen LogP contribution in [-0.2, 0) is 32.0 Å². The van der Waals surface area contributed by atoms with Crippen molar-refractivity contribution in [3.63, 3.8) is 0 Å². The minimum absolute atomic E-state index is 0.0517. The second-order valence-electron chi connectivity index (χ2n) is 8.30. The van der Waals surface area contributed by atoms with E-state index in [0.717, 1.165) is 6.33 Å². The zero-order valence-corrected chi connectivity index (χ0v) is 20.8. The summed E-state index contributed by atoms with van der Waals surface area (Å²) in [7, 11) is -5.39. The number of nitrogens with zero attached hydrogens (tertiary/aromatic N) is 4. The molecule has 2 aliphatic rings. The Bertz CT molecular complexity index is 1240. The number of rotatable bonds is 9. The maximum atomic E-state index is 12.5. The van der Waals surface area contributed by atoms with Gasteiger partial charge in [0.25, 0.3) is 7.82 Å². The lowest BCUT2D eigenvalue weighted by molar-refractivity contribution is -0.301. The molecule has 2 aliphatic heterocycles. The molecule has 11 atom stereocenters. The molecule has 0 saturated carbocycles. The fourth-order valence-electron chi connectivity index (χ4n) is 3.79. The number of aromatic nitrogens is 4. The number of hydrogen-bond donors (Lipinski definition) is 7. The summed E-state index contributed by atoms with van der Waals surface area (Å²) in [6, 6.07) is 0. The first-order valence-corrected chi connectivity index (χ1v) is 13.8. The fraction of sp³-hybridized carbons (Fsp3) is 0.688. The van der Waals surface area contributed by atoms with Crippen LogP contribution in [0.4, 0.5) is 5.82 Å². The van der Waals surface area contributed by atoms with E-state index in [-0.39, 0.29) is 17.0 Å². The molecule has 2 saturated heterocycles. The number of imidazole rings is 1. The van der Waals surface area contributed by atoms with Gasteiger partial charge in [-0.05, 0) is 0 Å². The van der Waals surface area contributed by atoms with Gasteiger partial charge in [0, 0.05) is 0 Å². The SMILES string of the molecule is [B-][P@](=O)(OC[C@H]1O[C@@H](n2cnc3c(N)ncnc32)C(O)[C@H]1O)OP(=O)([O-])O[C@@H]1OC(CO)[C@H](O)[C@H](O)C1O. The largest absolute Gasteiger partial charge is 0.756 e. The van der Waals surface area contributed by atoms with Gasteiger partial charge >= 0.3 is 0 Å². The molecule has 0 aliphatic carbocycles. The topological polar surface area (TPSA) is 294 Å². The lowest BCUT2D eigenvalue weighted by Gasteiger charge is -2.42. The number of nitrogen functional groups attached to an aromatic ring is 1. The average Bonchev–Trinajstić information content (AvgIpc) is 3.39. The van der Waals surface area contributed by atoms with E-state index < -0.39 is 83.8 Å². The normalized spacial score (nSPS) is 37.2. The third-order valence-electron chi connectivity index (χ3n) is 5.71. The number of phosphoric acid groups is 1. The molecular formula is C16H23BN5O14P2-2. The van der Waals surface area contributed by atoms with Crippen molar-refractivity contribution < 1.29 is 67.5 Å². The molecule has 2 fully saturated rings. The van der Waals surface area contributed by atoms with Crippen LogP contribution in [0.3, 0.4) is 0 Å². The lowest BCUT2D eigenvalue weighted by atomic mass is 10.00. The summed E-state index contributed by atoms with van der Waals surface area (Å²) < 4.78 is 49.8. The number of aliphatic hydroxyl groups excluding tert-OH is 6. The van der Waals surface area contributed by atoms with Gasteiger partial charge in [-0.3, -0.25) is 18.0 Å². The van der Waals surface area contributed by atoms with E-state index in [9.17, 15) is 39.6 Å². The summed E-state index contributed by atoms with van der Waals surface area (Å²) >= 11 is 0. The Hall–Kier alpha value is -1.61. The van der Waals surface area contributed by atoms with E-state index in [0.29, 0.717) is 0 Å². The molecule has 3 radical (unpaired) electrons. The van der Waals surface area contributed by atoms with Crippen molar-refractivity contribution in [3.05, 3.63) is 12.7 Å². The van der Waals surface area contributed by atoms with Gasteiger partial charge in [0.05, 0.1) is 27.0 Å². The van der Waals surface area contributed by atoms with Crippen LogP contribution in [0.15, 0.2) is 12.7 Å². The van der Waals surface area contributed by atoms with Crippen molar-refractivity contribution >= 4 is 39.8 Å². The van der Waals surface area contributed by atoms with Crippen molar-refractivity contribution in [1.29, 1.82) is 0 Å². The molecule has 0 spiro atoms. The molecule has 2 aromatic heterocycles. The maximum Gasteiger partial charge on any atom is 0.274 e. The monoisotopic (exact) mass is 582 g/mol. The van der Waals surface area contributed by atoms with Crippen LogP contribution in [0.25, 0.3) is 11.2 Å². The highest BCUT2D eigenvalue weighted by Gasteiger charge is 2.46. The molecule has 0 amide bonds. The number of phosphoric ester groups is 1. The average molecular weight is 582 g/mol. The Morgan fingerprint density at radius 2 is 1.71 bits per heavy atom. The van der Waals surface area contributed by atoms with Crippen molar-refractivity contribution in [1.82, 2.24) is 19.5 Å². The van der Waals surface area contributed by atoms with Crippen molar-refractivity contribution in [2.45, 2.75) is 55.2 Å². The first-order valence-electron chi connectivity index (χ1n) is 10.7. The number of hydrogen-bond acceptors (Lipinski definition) is 18. The van der Waals surface area contributed by atoms with Crippen LogP contribution in [0.1, 0.15) is 6.23 Å². The lowest BCUT2D eigenvalue weighted by Crippen LogP contribution is -2.59. The van der Waals surface area contributed by atoms with E-state index in [2.05, 4.69) is 23.8 Å². The highest BCUT2D eigenvalue weighted by atomic mass is 31.3.